The first-order valence-corrected chi connectivity index (χ1v) is 2.36. The highest BCUT2D eigenvalue weighted by atomic mass is 32.2. The Bertz CT molecular complexity index is 103. The lowest BCUT2D eigenvalue weighted by atomic mass is 11.6. The maximum Gasteiger partial charge on any atom is 0.484 e. The van der Waals surface area contributed by atoms with E-state index in [-0.39, 0.29) is 0 Å². The van der Waals surface area contributed by atoms with Crippen LogP contribution in [0, 0.1) is 0 Å². The first-order valence-electron chi connectivity index (χ1n) is 1.28. The molecule has 1 atom stereocenters. The molecule has 0 bridgehead atoms. The summed E-state index contributed by atoms with van der Waals surface area (Å²) in [5.41, 5.74) is -5.17. The molecule has 0 heterocycles. The van der Waals surface area contributed by atoms with Gasteiger partial charge in [0.2, 0.25) is 11.1 Å². The van der Waals surface area contributed by atoms with Gasteiger partial charge in [0, 0.05) is 0 Å². The van der Waals surface area contributed by atoms with Gasteiger partial charge in [-0.05, 0) is 4.58 Å². The van der Waals surface area contributed by atoms with Gasteiger partial charge in [0.15, 0.2) is 0 Å². The Kier molecular flexibility index (Phi) is 2.32. The average Bonchev–Trinajstić information content (AvgIpc) is 1.62. The second kappa shape index (κ2) is 2.38. The van der Waals surface area contributed by atoms with Crippen molar-refractivity contribution in [3.63, 3.8) is 0 Å². The third kappa shape index (κ3) is 2.20. The van der Waals surface area contributed by atoms with E-state index in [0.29, 0.717) is 0 Å². The Balaban J connectivity index is 4.03. The molecule has 0 fully saturated rings. The largest absolute Gasteiger partial charge is 0.484 e. The predicted molar refractivity (Wildman–Crippen MR) is 18.1 cm³/mol. The van der Waals surface area contributed by atoms with Crippen molar-refractivity contribution in [1.29, 1.82) is 0 Å². The van der Waals surface area contributed by atoms with Crippen LogP contribution >= 0.6 is 0 Å². The maximum atomic E-state index is 11.0. The first-order chi connectivity index (χ1) is 3.48. The van der Waals surface area contributed by atoms with Crippen LogP contribution in [0.25, 0.3) is 0 Å². The molecule has 0 aliphatic carbocycles. The molecule has 0 aromatic heterocycles. The van der Waals surface area contributed by atoms with E-state index >= 15 is 0 Å². The van der Waals surface area contributed by atoms with E-state index in [4.69, 9.17) is 0 Å². The zero-order valence-electron chi connectivity index (χ0n) is 3.25. The minimum Gasteiger partial charge on any atom is -0.158 e. The first kappa shape index (κ1) is 7.80. The van der Waals surface area contributed by atoms with E-state index in [1.807, 2.05) is 0 Å². The van der Waals surface area contributed by atoms with Gasteiger partial charge in [0.1, 0.15) is 0 Å². The van der Waals surface area contributed by atoms with E-state index in [9.17, 15) is 21.5 Å². The number of hydrogen-bond acceptors (Lipinski definition) is 1. The fraction of sp³-hybridized carbons (Fsp3) is 1.00. The van der Waals surface area contributed by atoms with Crippen LogP contribution in [0.15, 0.2) is 4.58 Å². The van der Waals surface area contributed by atoms with Gasteiger partial charge in [0.05, 0.1) is 0 Å². The molecule has 50 valence electrons. The lowest BCUT2D eigenvalue weighted by Crippen LogP contribution is -2.09. The Morgan fingerprint density at radius 2 is 1.62 bits per heavy atom. The predicted octanol–water partition coefficient (Wildman–Crippen LogP) is 2.08. The Morgan fingerprint density at radius 3 is 1.62 bits per heavy atom. The SMILES string of the molecule is FN=S(F)C(F)(F)F. The maximum absolute atomic E-state index is 11.0. The minimum atomic E-state index is -5.17. The molecule has 0 aromatic carbocycles. The van der Waals surface area contributed by atoms with Crippen molar-refractivity contribution in [3.8, 4) is 0 Å². The smallest absolute Gasteiger partial charge is 0.158 e. The van der Waals surface area contributed by atoms with E-state index in [2.05, 4.69) is 0 Å². The topological polar surface area (TPSA) is 12.4 Å². The molecule has 0 aliphatic rings. The van der Waals surface area contributed by atoms with E-state index < -0.39 is 16.6 Å². The van der Waals surface area contributed by atoms with Crippen molar-refractivity contribution >= 4 is 11.1 Å². The van der Waals surface area contributed by atoms with Gasteiger partial charge < -0.3 is 0 Å². The van der Waals surface area contributed by atoms with E-state index in [0.717, 1.165) is 4.58 Å². The second-order valence-corrected chi connectivity index (χ2v) is 1.83. The Labute approximate surface area is 43.8 Å². The normalized spacial score (nSPS) is 16.6. The zero-order chi connectivity index (χ0) is 6.78. The van der Waals surface area contributed by atoms with Crippen molar-refractivity contribution in [2.45, 2.75) is 5.51 Å². The lowest BCUT2D eigenvalue weighted by molar-refractivity contribution is -0.0394. The summed E-state index contributed by atoms with van der Waals surface area (Å²) in [4.78, 5) is 0. The van der Waals surface area contributed by atoms with Crippen LogP contribution in [0.3, 0.4) is 0 Å². The standard InChI is InChI=1S/CF5NS/c2-1(3,4)8(6)7-5. The number of alkyl halides is 3. The van der Waals surface area contributed by atoms with Crippen molar-refractivity contribution in [2.75, 3.05) is 0 Å². The fourth-order valence-electron chi connectivity index (χ4n) is 0.0391. The van der Waals surface area contributed by atoms with Crippen molar-refractivity contribution in [3.05, 3.63) is 0 Å². The summed E-state index contributed by atoms with van der Waals surface area (Å²) in [5, 5.41) is 0. The summed E-state index contributed by atoms with van der Waals surface area (Å²) in [6, 6.07) is 0. The molecule has 0 saturated heterocycles. The molecular weight excluding hydrogens is 153 g/mol. The molecule has 0 saturated carbocycles. The molecule has 7 heteroatoms. The highest BCUT2D eigenvalue weighted by Gasteiger charge is 2.36. The number of hydrogen-bond donors (Lipinski definition) is 0. The average molecular weight is 153 g/mol. The highest BCUT2D eigenvalue weighted by Crippen LogP contribution is 2.22. The number of nitrogens with zero attached hydrogens (tertiary/aromatic N) is 1. The summed E-state index contributed by atoms with van der Waals surface area (Å²) in [7, 11) is 0. The van der Waals surface area contributed by atoms with Crippen molar-refractivity contribution in [2.24, 2.45) is 4.58 Å². The summed E-state index contributed by atoms with van der Waals surface area (Å²) >= 11 is -3.94. The van der Waals surface area contributed by atoms with Gasteiger partial charge in [0.25, 0.3) is 0 Å². The minimum absolute atomic E-state index is 0.896. The molecule has 0 amide bonds. The third-order valence-corrected chi connectivity index (χ3v) is 0.755. The summed E-state index contributed by atoms with van der Waals surface area (Å²) in [6.45, 7) is 0. The molecule has 0 rings (SSSR count). The monoisotopic (exact) mass is 153 g/mol. The van der Waals surface area contributed by atoms with Crippen LogP contribution in [0.2, 0.25) is 0 Å². The molecule has 8 heavy (non-hydrogen) atoms. The Morgan fingerprint density at radius 1 is 1.25 bits per heavy atom. The van der Waals surface area contributed by atoms with Crippen molar-refractivity contribution in [1.82, 2.24) is 0 Å². The van der Waals surface area contributed by atoms with Gasteiger partial charge in [-0.15, -0.1) is 3.89 Å². The van der Waals surface area contributed by atoms with Crippen LogP contribution in [0.5, 0.6) is 0 Å². The van der Waals surface area contributed by atoms with Gasteiger partial charge in [-0.3, -0.25) is 0 Å². The van der Waals surface area contributed by atoms with Gasteiger partial charge in [-0.1, -0.05) is 4.48 Å². The van der Waals surface area contributed by atoms with E-state index in [1.165, 1.54) is 0 Å². The molecular formula is CF5NS. The number of halogens is 5. The molecule has 0 spiro atoms. The summed E-state index contributed by atoms with van der Waals surface area (Å²) in [6.07, 6.45) is 0. The van der Waals surface area contributed by atoms with Gasteiger partial charge >= 0.3 is 5.51 Å². The number of rotatable bonds is 0. The molecule has 1 nitrogen and oxygen atoms in total. The molecule has 0 N–H and O–H groups in total. The highest BCUT2D eigenvalue weighted by molar-refractivity contribution is 7.82. The Hall–Kier alpha value is -0.200. The van der Waals surface area contributed by atoms with E-state index in [1.54, 1.807) is 0 Å². The molecule has 1 unspecified atom stereocenters. The zero-order valence-corrected chi connectivity index (χ0v) is 4.06. The molecule has 0 radical (unpaired) electrons. The quantitative estimate of drug-likeness (QED) is 0.472. The fourth-order valence-corrected chi connectivity index (χ4v) is 0.117. The van der Waals surface area contributed by atoms with Crippen molar-refractivity contribution < 1.29 is 21.5 Å². The summed E-state index contributed by atoms with van der Waals surface area (Å²) in [5.74, 6) is 0. The molecule has 0 aliphatic heterocycles. The second-order valence-electron chi connectivity index (χ2n) is 0.752. The van der Waals surface area contributed by atoms with Crippen LogP contribution in [-0.4, -0.2) is 5.51 Å². The summed E-state index contributed by atoms with van der Waals surface area (Å²) < 4.78 is 54.6. The van der Waals surface area contributed by atoms with Crippen LogP contribution in [0.4, 0.5) is 21.5 Å². The third-order valence-electron chi connectivity index (χ3n) is 0.252. The molecule has 0 aromatic rings. The van der Waals surface area contributed by atoms with Gasteiger partial charge in [-0.2, -0.15) is 13.2 Å². The van der Waals surface area contributed by atoms with Crippen LogP contribution in [0.1, 0.15) is 0 Å². The van der Waals surface area contributed by atoms with Gasteiger partial charge in [-0.25, -0.2) is 0 Å². The lowest BCUT2D eigenvalue weighted by Gasteiger charge is -1.96. The van der Waals surface area contributed by atoms with Crippen LogP contribution in [-0.2, 0) is 11.1 Å². The van der Waals surface area contributed by atoms with Crippen LogP contribution < -0.4 is 0 Å².